The summed E-state index contributed by atoms with van der Waals surface area (Å²) in [4.78, 5) is 14.3. The quantitative estimate of drug-likeness (QED) is 0.930. The standard InChI is InChI=1S/C16H24N2O2.ClH/c1-11(12-5-8-15(20-3)9-6-12)18(2)16(19)13-4-7-14(17)10-13;/h5-6,8-9,11,13-14H,4,7,10,17H2,1-3H3;1H. The van der Waals surface area contributed by atoms with Crippen molar-refractivity contribution in [2.45, 2.75) is 38.3 Å². The van der Waals surface area contributed by atoms with Crippen molar-refractivity contribution in [1.82, 2.24) is 4.90 Å². The van der Waals surface area contributed by atoms with E-state index in [1.54, 1.807) is 7.11 Å². The Bertz CT molecular complexity index is 464. The average molecular weight is 313 g/mol. The SMILES string of the molecule is COc1ccc(C(C)N(C)C(=O)C2CCC(N)C2)cc1.Cl. The van der Waals surface area contributed by atoms with E-state index in [0.717, 1.165) is 30.6 Å². The fraction of sp³-hybridized carbons (Fsp3) is 0.562. The van der Waals surface area contributed by atoms with Gasteiger partial charge in [0.25, 0.3) is 0 Å². The smallest absolute Gasteiger partial charge is 0.225 e. The van der Waals surface area contributed by atoms with Gasteiger partial charge in [-0.05, 0) is 43.9 Å². The van der Waals surface area contributed by atoms with E-state index in [1.165, 1.54) is 0 Å². The monoisotopic (exact) mass is 312 g/mol. The third-order valence-electron chi connectivity index (χ3n) is 4.35. The van der Waals surface area contributed by atoms with Crippen LogP contribution in [0.5, 0.6) is 5.75 Å². The first-order chi connectivity index (χ1) is 9.52. The zero-order valence-corrected chi connectivity index (χ0v) is 13.7. The first kappa shape index (κ1) is 17.8. The largest absolute Gasteiger partial charge is 0.497 e. The molecule has 0 bridgehead atoms. The van der Waals surface area contributed by atoms with Crippen molar-refractivity contribution < 1.29 is 9.53 Å². The third kappa shape index (κ3) is 4.11. The zero-order valence-electron chi connectivity index (χ0n) is 12.9. The lowest BCUT2D eigenvalue weighted by Gasteiger charge is -2.28. The van der Waals surface area contributed by atoms with Crippen molar-refractivity contribution in [2.75, 3.05) is 14.2 Å². The van der Waals surface area contributed by atoms with Gasteiger partial charge in [0.15, 0.2) is 0 Å². The highest BCUT2D eigenvalue weighted by molar-refractivity contribution is 5.85. The van der Waals surface area contributed by atoms with Crippen LogP contribution in [0.25, 0.3) is 0 Å². The Labute approximate surface area is 133 Å². The third-order valence-corrected chi connectivity index (χ3v) is 4.35. The Hall–Kier alpha value is -1.26. The van der Waals surface area contributed by atoms with Crippen LogP contribution in [0.1, 0.15) is 37.8 Å². The normalized spacial score (nSPS) is 22.3. The molecule has 1 fully saturated rings. The number of amides is 1. The maximum atomic E-state index is 12.5. The van der Waals surface area contributed by atoms with Crippen LogP contribution in [0, 0.1) is 5.92 Å². The second-order valence-electron chi connectivity index (χ2n) is 5.67. The molecule has 2 rings (SSSR count). The van der Waals surface area contributed by atoms with Gasteiger partial charge in [0.2, 0.25) is 5.91 Å². The molecule has 0 heterocycles. The number of hydrogen-bond donors (Lipinski definition) is 1. The molecule has 0 spiro atoms. The van der Waals surface area contributed by atoms with Crippen LogP contribution in [0.4, 0.5) is 0 Å². The first-order valence-corrected chi connectivity index (χ1v) is 7.19. The van der Waals surface area contributed by atoms with Crippen LogP contribution in [0.15, 0.2) is 24.3 Å². The summed E-state index contributed by atoms with van der Waals surface area (Å²) in [7, 11) is 3.53. The molecule has 0 aliphatic heterocycles. The second-order valence-corrected chi connectivity index (χ2v) is 5.67. The van der Waals surface area contributed by atoms with Crippen LogP contribution >= 0.6 is 12.4 Å². The summed E-state index contributed by atoms with van der Waals surface area (Å²) in [6, 6.07) is 8.12. The molecule has 1 aromatic rings. The minimum Gasteiger partial charge on any atom is -0.497 e. The van der Waals surface area contributed by atoms with Crippen molar-refractivity contribution >= 4 is 18.3 Å². The van der Waals surface area contributed by atoms with Gasteiger partial charge in [-0.15, -0.1) is 12.4 Å². The molecule has 0 aromatic heterocycles. The summed E-state index contributed by atoms with van der Waals surface area (Å²) >= 11 is 0. The molecule has 1 aliphatic rings. The molecule has 4 nitrogen and oxygen atoms in total. The van der Waals surface area contributed by atoms with E-state index in [2.05, 4.69) is 6.92 Å². The number of nitrogens with zero attached hydrogens (tertiary/aromatic N) is 1. The summed E-state index contributed by atoms with van der Waals surface area (Å²) in [6.07, 6.45) is 2.69. The summed E-state index contributed by atoms with van der Waals surface area (Å²) in [5, 5.41) is 0. The van der Waals surface area contributed by atoms with E-state index >= 15 is 0 Å². The second kappa shape index (κ2) is 7.66. The molecule has 1 aliphatic carbocycles. The van der Waals surface area contributed by atoms with Crippen LogP contribution in [-0.2, 0) is 4.79 Å². The van der Waals surface area contributed by atoms with Crippen LogP contribution in [-0.4, -0.2) is 31.0 Å². The summed E-state index contributed by atoms with van der Waals surface area (Å²) < 4.78 is 5.16. The molecule has 21 heavy (non-hydrogen) atoms. The van der Waals surface area contributed by atoms with Gasteiger partial charge in [0, 0.05) is 19.0 Å². The molecule has 2 N–H and O–H groups in total. The van der Waals surface area contributed by atoms with Gasteiger partial charge in [-0.1, -0.05) is 12.1 Å². The molecule has 3 atom stereocenters. The Morgan fingerprint density at radius 3 is 2.43 bits per heavy atom. The van der Waals surface area contributed by atoms with E-state index in [1.807, 2.05) is 36.2 Å². The highest BCUT2D eigenvalue weighted by Gasteiger charge is 2.31. The Balaban J connectivity index is 0.00000220. The number of benzene rings is 1. The van der Waals surface area contributed by atoms with Crippen molar-refractivity contribution in [2.24, 2.45) is 11.7 Å². The highest BCUT2D eigenvalue weighted by atomic mass is 35.5. The van der Waals surface area contributed by atoms with Gasteiger partial charge in [-0.2, -0.15) is 0 Å². The number of rotatable bonds is 4. The van der Waals surface area contributed by atoms with Gasteiger partial charge in [-0.25, -0.2) is 0 Å². The van der Waals surface area contributed by atoms with Gasteiger partial charge < -0.3 is 15.4 Å². The van der Waals surface area contributed by atoms with Crippen molar-refractivity contribution in [3.05, 3.63) is 29.8 Å². The van der Waals surface area contributed by atoms with Crippen LogP contribution < -0.4 is 10.5 Å². The lowest BCUT2D eigenvalue weighted by atomic mass is 10.0. The maximum absolute atomic E-state index is 12.5. The summed E-state index contributed by atoms with van der Waals surface area (Å²) in [6.45, 7) is 2.05. The van der Waals surface area contributed by atoms with E-state index < -0.39 is 0 Å². The number of hydrogen-bond acceptors (Lipinski definition) is 3. The molecule has 1 aromatic carbocycles. The lowest BCUT2D eigenvalue weighted by Crippen LogP contribution is -2.34. The lowest BCUT2D eigenvalue weighted by molar-refractivity contribution is -0.136. The number of carbonyl (C=O) groups is 1. The van der Waals surface area contributed by atoms with E-state index in [4.69, 9.17) is 10.5 Å². The van der Waals surface area contributed by atoms with E-state index in [0.29, 0.717) is 0 Å². The minimum atomic E-state index is 0. The number of nitrogens with two attached hydrogens (primary N) is 1. The van der Waals surface area contributed by atoms with E-state index in [-0.39, 0.29) is 36.3 Å². The molecule has 1 amide bonds. The van der Waals surface area contributed by atoms with Crippen molar-refractivity contribution in [3.8, 4) is 5.75 Å². The predicted octanol–water partition coefficient (Wildman–Crippen LogP) is 2.76. The summed E-state index contributed by atoms with van der Waals surface area (Å²) in [5.41, 5.74) is 7.01. The topological polar surface area (TPSA) is 55.6 Å². The molecule has 0 radical (unpaired) electrons. The molecule has 0 saturated heterocycles. The van der Waals surface area contributed by atoms with Gasteiger partial charge in [-0.3, -0.25) is 4.79 Å². The average Bonchev–Trinajstić information content (AvgIpc) is 2.91. The number of halogens is 1. The summed E-state index contributed by atoms with van der Waals surface area (Å²) in [5.74, 6) is 1.13. The molecular formula is C16H25ClN2O2. The maximum Gasteiger partial charge on any atom is 0.225 e. The minimum absolute atomic E-state index is 0. The highest BCUT2D eigenvalue weighted by Crippen LogP contribution is 2.29. The van der Waals surface area contributed by atoms with E-state index in [9.17, 15) is 4.79 Å². The predicted molar refractivity (Wildman–Crippen MR) is 86.7 cm³/mol. The van der Waals surface area contributed by atoms with Crippen LogP contribution in [0.2, 0.25) is 0 Å². The van der Waals surface area contributed by atoms with Crippen molar-refractivity contribution in [1.29, 1.82) is 0 Å². The molecule has 118 valence electrons. The molecule has 1 saturated carbocycles. The fourth-order valence-corrected chi connectivity index (χ4v) is 2.83. The van der Waals surface area contributed by atoms with Gasteiger partial charge in [0.1, 0.15) is 5.75 Å². The Morgan fingerprint density at radius 2 is 1.95 bits per heavy atom. The van der Waals surface area contributed by atoms with Gasteiger partial charge in [0.05, 0.1) is 13.2 Å². The first-order valence-electron chi connectivity index (χ1n) is 7.19. The zero-order chi connectivity index (χ0) is 14.7. The molecular weight excluding hydrogens is 288 g/mol. The Kier molecular flexibility index (Phi) is 6.49. The van der Waals surface area contributed by atoms with Gasteiger partial charge >= 0.3 is 0 Å². The fourth-order valence-electron chi connectivity index (χ4n) is 2.83. The number of ether oxygens (including phenoxy) is 1. The number of carbonyl (C=O) groups excluding carboxylic acids is 1. The molecule has 3 unspecified atom stereocenters. The van der Waals surface area contributed by atoms with Crippen LogP contribution in [0.3, 0.4) is 0 Å². The number of methoxy groups -OCH3 is 1. The Morgan fingerprint density at radius 1 is 1.33 bits per heavy atom. The van der Waals surface area contributed by atoms with Crippen molar-refractivity contribution in [3.63, 3.8) is 0 Å². The molecule has 5 heteroatoms.